The second-order valence-electron chi connectivity index (χ2n) is 8.03. The van der Waals surface area contributed by atoms with Gasteiger partial charge in [-0.3, -0.25) is 14.5 Å². The highest BCUT2D eigenvalue weighted by atomic mass is 16.5. The Morgan fingerprint density at radius 2 is 2.30 bits per heavy atom. The molecule has 0 aromatic carbocycles. The largest absolute Gasteiger partial charge is 0.360 e. The average Bonchev–Trinajstić information content (AvgIpc) is 3.36. The summed E-state index contributed by atoms with van der Waals surface area (Å²) in [6.45, 7) is 6.34. The van der Waals surface area contributed by atoms with Gasteiger partial charge >= 0.3 is 0 Å². The van der Waals surface area contributed by atoms with E-state index in [1.807, 2.05) is 19.1 Å². The van der Waals surface area contributed by atoms with Crippen LogP contribution in [0.3, 0.4) is 0 Å². The predicted molar refractivity (Wildman–Crippen MR) is 99.1 cm³/mol. The zero-order chi connectivity index (χ0) is 19.2. The van der Waals surface area contributed by atoms with Crippen LogP contribution in [0.15, 0.2) is 22.7 Å². The summed E-state index contributed by atoms with van der Waals surface area (Å²) in [5.41, 5.74) is -0.734. The minimum absolute atomic E-state index is 0.0910. The Morgan fingerprint density at radius 1 is 1.48 bits per heavy atom. The maximum atomic E-state index is 13.1. The molecule has 1 aromatic rings. The van der Waals surface area contributed by atoms with E-state index < -0.39 is 17.4 Å². The quantitative estimate of drug-likeness (QED) is 0.586. The first-order valence-electron chi connectivity index (χ1n) is 9.87. The van der Waals surface area contributed by atoms with Gasteiger partial charge in [-0.15, -0.1) is 0 Å². The van der Waals surface area contributed by atoms with Gasteiger partial charge in [-0.2, -0.15) is 0 Å². The molecule has 2 fully saturated rings. The molecule has 0 unspecified atom stereocenters. The van der Waals surface area contributed by atoms with Crippen LogP contribution >= 0.6 is 0 Å². The molecule has 0 radical (unpaired) electrons. The summed E-state index contributed by atoms with van der Waals surface area (Å²) in [7, 11) is 0. The number of ether oxygens (including phenoxy) is 1. The predicted octanol–water partition coefficient (Wildman–Crippen LogP) is 2.35. The SMILES string of the molecule is CCCCC[C@H](C)NC(=O)[C@@H]1[C@H]2C(=O)N(c3cc(C)on3)C[C@@]23C=C[C@H]1O3. The van der Waals surface area contributed by atoms with Crippen molar-refractivity contribution in [3.8, 4) is 0 Å². The van der Waals surface area contributed by atoms with Crippen molar-refractivity contribution >= 4 is 17.6 Å². The van der Waals surface area contributed by atoms with Gasteiger partial charge in [0.25, 0.3) is 0 Å². The van der Waals surface area contributed by atoms with Crippen molar-refractivity contribution in [2.45, 2.75) is 64.2 Å². The van der Waals surface area contributed by atoms with Gasteiger partial charge in [0.2, 0.25) is 11.8 Å². The highest BCUT2D eigenvalue weighted by molar-refractivity contribution is 6.02. The molecular weight excluding hydrogens is 346 g/mol. The summed E-state index contributed by atoms with van der Waals surface area (Å²) in [5.74, 6) is -0.0840. The van der Waals surface area contributed by atoms with E-state index in [0.29, 0.717) is 18.1 Å². The van der Waals surface area contributed by atoms with E-state index in [-0.39, 0.29) is 24.0 Å². The number of hydrogen-bond acceptors (Lipinski definition) is 5. The van der Waals surface area contributed by atoms with Crippen LogP contribution in [-0.2, 0) is 14.3 Å². The molecule has 146 valence electrons. The fourth-order valence-electron chi connectivity index (χ4n) is 4.58. The maximum Gasteiger partial charge on any atom is 0.235 e. The summed E-state index contributed by atoms with van der Waals surface area (Å²) in [6.07, 6.45) is 7.89. The van der Waals surface area contributed by atoms with Crippen molar-refractivity contribution in [2.24, 2.45) is 11.8 Å². The number of amides is 2. The zero-order valence-electron chi connectivity index (χ0n) is 16.1. The molecule has 1 N–H and O–H groups in total. The number of fused-ring (bicyclic) bond motifs is 1. The first-order valence-corrected chi connectivity index (χ1v) is 9.87. The molecular formula is C20H27N3O4. The standard InChI is InChI=1S/C20H27N3O4/c1-4-5-6-7-12(2)21-18(24)16-14-8-9-20(26-14)11-23(19(25)17(16)20)15-10-13(3)27-22-15/h8-10,12,14,16-17H,4-7,11H2,1-3H3,(H,21,24)/t12-,14+,16-,17-,20-/m0/s1. The number of aryl methyl sites for hydroxylation is 1. The van der Waals surface area contributed by atoms with Crippen LogP contribution in [0.25, 0.3) is 0 Å². The van der Waals surface area contributed by atoms with Gasteiger partial charge in [-0.05, 0) is 20.3 Å². The van der Waals surface area contributed by atoms with E-state index in [2.05, 4.69) is 17.4 Å². The van der Waals surface area contributed by atoms with Crippen molar-refractivity contribution in [2.75, 3.05) is 11.4 Å². The molecule has 0 aliphatic carbocycles. The third kappa shape index (κ3) is 2.98. The van der Waals surface area contributed by atoms with Gasteiger partial charge in [0.1, 0.15) is 11.4 Å². The van der Waals surface area contributed by atoms with Crippen LogP contribution in [0.1, 0.15) is 45.3 Å². The van der Waals surface area contributed by atoms with Gasteiger partial charge in [-0.25, -0.2) is 0 Å². The van der Waals surface area contributed by atoms with Gasteiger partial charge in [0, 0.05) is 12.1 Å². The highest BCUT2D eigenvalue weighted by Gasteiger charge is 2.67. The molecule has 4 rings (SSSR count). The molecule has 2 saturated heterocycles. The monoisotopic (exact) mass is 373 g/mol. The Labute approximate surface area is 159 Å². The molecule has 1 aromatic heterocycles. The molecule has 27 heavy (non-hydrogen) atoms. The van der Waals surface area contributed by atoms with Crippen LogP contribution in [-0.4, -0.2) is 41.3 Å². The van der Waals surface area contributed by atoms with Crippen LogP contribution < -0.4 is 10.2 Å². The zero-order valence-corrected chi connectivity index (χ0v) is 16.1. The Kier molecular flexibility index (Phi) is 4.58. The average molecular weight is 373 g/mol. The Hall–Kier alpha value is -2.15. The summed E-state index contributed by atoms with van der Waals surface area (Å²) < 4.78 is 11.2. The molecule has 3 aliphatic heterocycles. The fourth-order valence-corrected chi connectivity index (χ4v) is 4.58. The topological polar surface area (TPSA) is 84.7 Å². The van der Waals surface area contributed by atoms with Gasteiger partial charge < -0.3 is 14.6 Å². The number of rotatable bonds is 7. The van der Waals surface area contributed by atoms with Crippen LogP contribution in [0.2, 0.25) is 0 Å². The lowest BCUT2D eigenvalue weighted by molar-refractivity contribution is -0.132. The van der Waals surface area contributed by atoms with Crippen molar-refractivity contribution in [1.82, 2.24) is 10.5 Å². The number of hydrogen-bond donors (Lipinski definition) is 1. The number of nitrogens with one attached hydrogen (secondary N) is 1. The lowest BCUT2D eigenvalue weighted by Crippen LogP contribution is -2.46. The smallest absolute Gasteiger partial charge is 0.235 e. The molecule has 4 heterocycles. The first kappa shape index (κ1) is 18.2. The summed E-state index contributed by atoms with van der Waals surface area (Å²) in [5, 5.41) is 7.06. The number of aromatic nitrogens is 1. The molecule has 5 atom stereocenters. The highest BCUT2D eigenvalue weighted by Crippen LogP contribution is 2.52. The Balaban J connectivity index is 1.50. The fraction of sp³-hybridized carbons (Fsp3) is 0.650. The first-order chi connectivity index (χ1) is 12.9. The van der Waals surface area contributed by atoms with Crippen LogP contribution in [0, 0.1) is 18.8 Å². The number of nitrogens with zero attached hydrogens (tertiary/aromatic N) is 2. The van der Waals surface area contributed by atoms with Gasteiger partial charge in [0.05, 0.1) is 24.5 Å². The third-order valence-corrected chi connectivity index (χ3v) is 5.92. The number of carbonyl (C=O) groups is 2. The lowest BCUT2D eigenvalue weighted by Gasteiger charge is -2.25. The number of anilines is 1. The summed E-state index contributed by atoms with van der Waals surface area (Å²) in [6, 6.07) is 1.82. The number of carbonyl (C=O) groups excluding carboxylic acids is 2. The van der Waals surface area contributed by atoms with Crippen LogP contribution in [0.4, 0.5) is 5.82 Å². The van der Waals surface area contributed by atoms with Crippen LogP contribution in [0.5, 0.6) is 0 Å². The van der Waals surface area contributed by atoms with E-state index in [1.54, 1.807) is 17.9 Å². The summed E-state index contributed by atoms with van der Waals surface area (Å²) >= 11 is 0. The molecule has 7 heteroatoms. The maximum absolute atomic E-state index is 13.1. The summed E-state index contributed by atoms with van der Waals surface area (Å²) in [4.78, 5) is 27.7. The van der Waals surface area contributed by atoms with Gasteiger partial charge in [0.15, 0.2) is 5.82 Å². The molecule has 7 nitrogen and oxygen atoms in total. The number of unbranched alkanes of at least 4 members (excludes halogenated alkanes) is 2. The minimum atomic E-state index is -0.734. The van der Waals surface area contributed by atoms with E-state index in [1.165, 1.54) is 0 Å². The van der Waals surface area contributed by atoms with E-state index >= 15 is 0 Å². The van der Waals surface area contributed by atoms with E-state index in [4.69, 9.17) is 9.26 Å². The molecule has 3 aliphatic rings. The molecule has 2 bridgehead atoms. The molecule has 2 amide bonds. The lowest BCUT2D eigenvalue weighted by atomic mass is 9.76. The van der Waals surface area contributed by atoms with Crippen molar-refractivity contribution in [3.63, 3.8) is 0 Å². The van der Waals surface area contributed by atoms with Gasteiger partial charge in [-0.1, -0.05) is 43.5 Å². The van der Waals surface area contributed by atoms with Crippen molar-refractivity contribution < 1.29 is 18.8 Å². The molecule has 0 saturated carbocycles. The van der Waals surface area contributed by atoms with Crippen molar-refractivity contribution in [1.29, 1.82) is 0 Å². The molecule has 1 spiro atoms. The minimum Gasteiger partial charge on any atom is -0.360 e. The third-order valence-electron chi connectivity index (χ3n) is 5.92. The second kappa shape index (κ2) is 6.78. The Bertz CT molecular complexity index is 773. The second-order valence-corrected chi connectivity index (χ2v) is 8.03. The van der Waals surface area contributed by atoms with Crippen molar-refractivity contribution in [3.05, 3.63) is 24.0 Å². The van der Waals surface area contributed by atoms with E-state index in [0.717, 1.165) is 25.7 Å². The van der Waals surface area contributed by atoms with E-state index in [9.17, 15) is 9.59 Å². The Morgan fingerprint density at radius 3 is 3.00 bits per heavy atom. The normalized spacial score (nSPS) is 32.2.